The van der Waals surface area contributed by atoms with E-state index in [9.17, 15) is 4.79 Å². The number of pyridine rings is 1. The number of imidazole rings is 1. The Morgan fingerprint density at radius 1 is 1.55 bits per heavy atom. The maximum absolute atomic E-state index is 11.6. The molecule has 0 saturated carbocycles. The molecule has 0 aliphatic carbocycles. The third-order valence-corrected chi connectivity index (χ3v) is 2.84. The van der Waals surface area contributed by atoms with E-state index < -0.39 is 0 Å². The number of esters is 1. The van der Waals surface area contributed by atoms with Crippen LogP contribution in [-0.2, 0) is 16.1 Å². The summed E-state index contributed by atoms with van der Waals surface area (Å²) in [6.07, 6.45) is 5.70. The second-order valence-corrected chi connectivity index (χ2v) is 4.46. The average Bonchev–Trinajstić information content (AvgIpc) is 2.81. The van der Waals surface area contributed by atoms with Crippen molar-refractivity contribution in [3.8, 4) is 0 Å². The van der Waals surface area contributed by atoms with E-state index in [0.29, 0.717) is 19.7 Å². The highest BCUT2D eigenvalue weighted by molar-refractivity contribution is 5.71. The van der Waals surface area contributed by atoms with Gasteiger partial charge < -0.3 is 9.14 Å². The Balaban J connectivity index is 2.06. The van der Waals surface area contributed by atoms with Gasteiger partial charge >= 0.3 is 5.97 Å². The topological polar surface area (TPSA) is 46.8 Å². The quantitative estimate of drug-likeness (QED) is 0.571. The van der Waals surface area contributed by atoms with Crippen LogP contribution in [0.4, 0.5) is 0 Å². The monoisotopic (exact) mass is 273 g/mol. The normalized spacial score (nSPS) is 10.9. The number of aromatic nitrogens is 2. The average molecular weight is 273 g/mol. The summed E-state index contributed by atoms with van der Waals surface area (Å²) < 4.78 is 6.94. The molecule has 106 valence electrons. The molecule has 5 heteroatoms. The SMILES string of the molecule is C=CCN(CC(=O)OCC)Cc1cn2ccccc2n1. The lowest BCUT2D eigenvalue weighted by atomic mass is 10.4. The van der Waals surface area contributed by atoms with Crippen molar-refractivity contribution in [1.82, 2.24) is 14.3 Å². The van der Waals surface area contributed by atoms with Gasteiger partial charge in [-0.2, -0.15) is 0 Å². The predicted octanol–water partition coefficient (Wildman–Crippen LogP) is 1.89. The van der Waals surface area contributed by atoms with Crippen molar-refractivity contribution in [2.24, 2.45) is 0 Å². The van der Waals surface area contributed by atoms with Gasteiger partial charge in [-0.25, -0.2) is 4.98 Å². The van der Waals surface area contributed by atoms with Gasteiger partial charge in [-0.3, -0.25) is 9.69 Å². The smallest absolute Gasteiger partial charge is 0.320 e. The number of carbonyl (C=O) groups excluding carboxylic acids is 1. The van der Waals surface area contributed by atoms with Gasteiger partial charge in [-0.15, -0.1) is 6.58 Å². The number of carbonyl (C=O) groups is 1. The van der Waals surface area contributed by atoms with Crippen LogP contribution in [0.2, 0.25) is 0 Å². The largest absolute Gasteiger partial charge is 0.465 e. The second kappa shape index (κ2) is 6.86. The van der Waals surface area contributed by atoms with Crippen LogP contribution in [0, 0.1) is 0 Å². The summed E-state index contributed by atoms with van der Waals surface area (Å²) in [7, 11) is 0. The molecule has 0 atom stereocenters. The molecule has 0 aliphatic heterocycles. The van der Waals surface area contributed by atoms with Crippen LogP contribution in [0.5, 0.6) is 0 Å². The molecule has 2 rings (SSSR count). The highest BCUT2D eigenvalue weighted by atomic mass is 16.5. The number of rotatable bonds is 7. The standard InChI is InChI=1S/C15H19N3O2/c1-3-8-17(12-15(19)20-4-2)10-13-11-18-9-6-5-7-14(18)16-13/h3,5-7,9,11H,1,4,8,10,12H2,2H3. The molecule has 0 radical (unpaired) electrons. The van der Waals surface area contributed by atoms with Crippen molar-refractivity contribution >= 4 is 11.6 Å². The van der Waals surface area contributed by atoms with Crippen LogP contribution in [0.3, 0.4) is 0 Å². The summed E-state index contributed by atoms with van der Waals surface area (Å²) in [5.74, 6) is -0.224. The summed E-state index contributed by atoms with van der Waals surface area (Å²) in [6, 6.07) is 5.86. The molecule has 2 aromatic heterocycles. The van der Waals surface area contributed by atoms with Crippen LogP contribution in [0.1, 0.15) is 12.6 Å². The Bertz CT molecular complexity index is 559. The Labute approximate surface area is 118 Å². The Hall–Kier alpha value is -2.14. The molecule has 2 heterocycles. The van der Waals surface area contributed by atoms with Gasteiger partial charge in [-0.05, 0) is 19.1 Å². The minimum absolute atomic E-state index is 0.224. The third-order valence-electron chi connectivity index (χ3n) is 2.84. The van der Waals surface area contributed by atoms with E-state index in [2.05, 4.69) is 11.6 Å². The van der Waals surface area contributed by atoms with E-state index in [1.807, 2.05) is 39.9 Å². The minimum atomic E-state index is -0.224. The first-order valence-electron chi connectivity index (χ1n) is 6.64. The van der Waals surface area contributed by atoms with Crippen molar-refractivity contribution in [2.75, 3.05) is 19.7 Å². The molecule has 0 amide bonds. The molecule has 5 nitrogen and oxygen atoms in total. The molecule has 0 N–H and O–H groups in total. The highest BCUT2D eigenvalue weighted by Crippen LogP contribution is 2.07. The first kappa shape index (κ1) is 14.3. The molecular weight excluding hydrogens is 254 g/mol. The Kier molecular flexibility index (Phi) is 4.90. The van der Waals surface area contributed by atoms with Crippen LogP contribution in [0.15, 0.2) is 43.2 Å². The lowest BCUT2D eigenvalue weighted by Crippen LogP contribution is -2.31. The van der Waals surface area contributed by atoms with Crippen molar-refractivity contribution in [2.45, 2.75) is 13.5 Å². The second-order valence-electron chi connectivity index (χ2n) is 4.46. The van der Waals surface area contributed by atoms with E-state index >= 15 is 0 Å². The molecule has 0 aromatic carbocycles. The molecular formula is C15H19N3O2. The van der Waals surface area contributed by atoms with E-state index in [-0.39, 0.29) is 12.5 Å². The molecule has 0 spiro atoms. The Morgan fingerprint density at radius 2 is 2.40 bits per heavy atom. The molecule has 0 fully saturated rings. The van der Waals surface area contributed by atoms with Crippen molar-refractivity contribution in [3.63, 3.8) is 0 Å². The molecule has 20 heavy (non-hydrogen) atoms. The number of hydrogen-bond donors (Lipinski definition) is 0. The van der Waals surface area contributed by atoms with Crippen molar-refractivity contribution < 1.29 is 9.53 Å². The lowest BCUT2D eigenvalue weighted by molar-refractivity contribution is -0.144. The maximum Gasteiger partial charge on any atom is 0.320 e. The van der Waals surface area contributed by atoms with E-state index in [1.165, 1.54) is 0 Å². The van der Waals surface area contributed by atoms with Crippen LogP contribution >= 0.6 is 0 Å². The van der Waals surface area contributed by atoms with Crippen LogP contribution < -0.4 is 0 Å². The fraction of sp³-hybridized carbons (Fsp3) is 0.333. The summed E-state index contributed by atoms with van der Waals surface area (Å²) in [4.78, 5) is 18.0. The van der Waals surface area contributed by atoms with Crippen LogP contribution in [-0.4, -0.2) is 40.0 Å². The van der Waals surface area contributed by atoms with Gasteiger partial charge in [0.1, 0.15) is 5.65 Å². The van der Waals surface area contributed by atoms with Gasteiger partial charge in [0.2, 0.25) is 0 Å². The van der Waals surface area contributed by atoms with E-state index in [1.54, 1.807) is 13.0 Å². The Morgan fingerprint density at radius 3 is 3.10 bits per heavy atom. The zero-order valence-corrected chi connectivity index (χ0v) is 11.7. The minimum Gasteiger partial charge on any atom is -0.465 e. The first-order chi connectivity index (χ1) is 9.72. The summed E-state index contributed by atoms with van der Waals surface area (Å²) in [6.45, 7) is 7.37. The van der Waals surface area contributed by atoms with Gasteiger partial charge in [0.15, 0.2) is 0 Å². The molecule has 0 unspecified atom stereocenters. The molecule has 0 saturated heterocycles. The van der Waals surface area contributed by atoms with Gasteiger partial charge in [-0.1, -0.05) is 12.1 Å². The fourth-order valence-electron chi connectivity index (χ4n) is 2.05. The fourth-order valence-corrected chi connectivity index (χ4v) is 2.05. The maximum atomic E-state index is 11.6. The first-order valence-corrected chi connectivity index (χ1v) is 6.64. The van der Waals surface area contributed by atoms with Crippen LogP contribution in [0.25, 0.3) is 5.65 Å². The zero-order valence-electron chi connectivity index (χ0n) is 11.7. The summed E-state index contributed by atoms with van der Waals surface area (Å²) in [5.41, 5.74) is 1.82. The number of hydrogen-bond acceptors (Lipinski definition) is 4. The predicted molar refractivity (Wildman–Crippen MR) is 77.3 cm³/mol. The van der Waals surface area contributed by atoms with Gasteiger partial charge in [0.25, 0.3) is 0 Å². The zero-order chi connectivity index (χ0) is 14.4. The number of nitrogens with zero attached hydrogens (tertiary/aromatic N) is 3. The van der Waals surface area contributed by atoms with Crippen molar-refractivity contribution in [3.05, 3.63) is 48.9 Å². The molecule has 2 aromatic rings. The van der Waals surface area contributed by atoms with E-state index in [0.717, 1.165) is 11.3 Å². The summed E-state index contributed by atoms with van der Waals surface area (Å²) in [5, 5.41) is 0. The van der Waals surface area contributed by atoms with Crippen molar-refractivity contribution in [1.29, 1.82) is 0 Å². The third kappa shape index (κ3) is 3.68. The molecule has 0 aliphatic rings. The number of fused-ring (bicyclic) bond motifs is 1. The van der Waals surface area contributed by atoms with Gasteiger partial charge in [0.05, 0.1) is 18.8 Å². The molecule has 0 bridgehead atoms. The van der Waals surface area contributed by atoms with Gasteiger partial charge in [0, 0.05) is 25.5 Å². The highest BCUT2D eigenvalue weighted by Gasteiger charge is 2.12. The summed E-state index contributed by atoms with van der Waals surface area (Å²) >= 11 is 0. The number of ether oxygens (including phenoxy) is 1. The van der Waals surface area contributed by atoms with E-state index in [4.69, 9.17) is 4.74 Å². The lowest BCUT2D eigenvalue weighted by Gasteiger charge is -2.18.